The number of hydrogen-bond donors (Lipinski definition) is 3. The Labute approximate surface area is 171 Å². The Hall–Kier alpha value is -3.22. The van der Waals surface area contributed by atoms with Crippen LogP contribution in [0, 0.1) is 11.3 Å². The second-order valence-electron chi connectivity index (χ2n) is 6.35. The molecule has 0 radical (unpaired) electrons. The fourth-order valence-electron chi connectivity index (χ4n) is 3.01. The number of carbonyl (C=O) groups is 2. The largest absolute Gasteiger partial charge is 0.446 e. The third kappa shape index (κ3) is 5.40. The van der Waals surface area contributed by atoms with Crippen LogP contribution >= 0.6 is 11.3 Å². The number of anilines is 1. The van der Waals surface area contributed by atoms with Gasteiger partial charge in [-0.1, -0.05) is 6.07 Å². The van der Waals surface area contributed by atoms with Gasteiger partial charge >= 0.3 is 6.09 Å². The Balaban J connectivity index is 1.66. The Morgan fingerprint density at radius 3 is 3.07 bits per heavy atom. The van der Waals surface area contributed by atoms with Gasteiger partial charge in [-0.3, -0.25) is 9.78 Å². The first-order valence-electron chi connectivity index (χ1n) is 9.09. The number of amides is 2. The number of aliphatic hydroxyl groups excluding tert-OH is 1. The molecule has 0 saturated carbocycles. The molecule has 29 heavy (non-hydrogen) atoms. The van der Waals surface area contributed by atoms with Crippen molar-refractivity contribution >= 4 is 34.4 Å². The minimum absolute atomic E-state index is 0.136. The van der Waals surface area contributed by atoms with Crippen molar-refractivity contribution in [1.29, 1.82) is 5.26 Å². The van der Waals surface area contributed by atoms with Gasteiger partial charge in [-0.05, 0) is 36.1 Å². The third-order valence-corrected chi connectivity index (χ3v) is 5.50. The van der Waals surface area contributed by atoms with Crippen molar-refractivity contribution in [3.63, 3.8) is 0 Å². The van der Waals surface area contributed by atoms with E-state index in [2.05, 4.69) is 21.7 Å². The van der Waals surface area contributed by atoms with E-state index in [0.717, 1.165) is 16.0 Å². The lowest BCUT2D eigenvalue weighted by molar-refractivity contribution is -0.111. The van der Waals surface area contributed by atoms with Gasteiger partial charge in [-0.15, -0.1) is 11.3 Å². The van der Waals surface area contributed by atoms with Crippen LogP contribution in [-0.4, -0.2) is 41.3 Å². The van der Waals surface area contributed by atoms with Gasteiger partial charge < -0.3 is 20.5 Å². The van der Waals surface area contributed by atoms with Crippen molar-refractivity contribution in [3.8, 4) is 6.07 Å². The molecule has 0 fully saturated rings. The molecule has 0 saturated heterocycles. The van der Waals surface area contributed by atoms with Crippen LogP contribution in [0.1, 0.15) is 28.0 Å². The van der Waals surface area contributed by atoms with Gasteiger partial charge in [0.15, 0.2) is 0 Å². The lowest BCUT2D eigenvalue weighted by Crippen LogP contribution is -2.33. The van der Waals surface area contributed by atoms with Crippen molar-refractivity contribution in [2.24, 2.45) is 0 Å². The molecule has 1 aliphatic rings. The maximum atomic E-state index is 12.3. The van der Waals surface area contributed by atoms with E-state index in [0.29, 0.717) is 29.8 Å². The highest BCUT2D eigenvalue weighted by Crippen LogP contribution is 2.38. The monoisotopic (exact) mass is 412 g/mol. The number of hydrogen-bond acceptors (Lipinski definition) is 7. The van der Waals surface area contributed by atoms with Crippen LogP contribution in [0.3, 0.4) is 0 Å². The highest BCUT2D eigenvalue weighted by atomic mass is 32.1. The number of aromatic nitrogens is 1. The van der Waals surface area contributed by atoms with E-state index in [1.54, 1.807) is 24.5 Å². The molecule has 2 aromatic heterocycles. The zero-order valence-electron chi connectivity index (χ0n) is 15.6. The summed E-state index contributed by atoms with van der Waals surface area (Å²) in [7, 11) is 0. The number of fused-ring (bicyclic) bond motifs is 1. The molecule has 150 valence electrons. The van der Waals surface area contributed by atoms with Crippen molar-refractivity contribution in [2.45, 2.75) is 25.4 Å². The van der Waals surface area contributed by atoms with E-state index in [4.69, 9.17) is 9.84 Å². The number of nitrogens with one attached hydrogen (secondary N) is 2. The van der Waals surface area contributed by atoms with E-state index < -0.39 is 6.09 Å². The van der Waals surface area contributed by atoms with Crippen molar-refractivity contribution in [3.05, 3.63) is 52.2 Å². The second-order valence-corrected chi connectivity index (χ2v) is 7.45. The van der Waals surface area contributed by atoms with Crippen LogP contribution in [0.4, 0.5) is 9.80 Å². The van der Waals surface area contributed by atoms with Crippen molar-refractivity contribution < 1.29 is 19.4 Å². The SMILES string of the molecule is N#Cc1c(NC(=O)/C=C/c2cccnc2)sc2c1CCC(OC(=O)NCCO)C2. The molecule has 1 unspecified atom stereocenters. The minimum Gasteiger partial charge on any atom is -0.446 e. The highest BCUT2D eigenvalue weighted by Gasteiger charge is 2.28. The summed E-state index contributed by atoms with van der Waals surface area (Å²) < 4.78 is 5.36. The average Bonchev–Trinajstić information content (AvgIpc) is 3.07. The summed E-state index contributed by atoms with van der Waals surface area (Å²) >= 11 is 1.33. The summed E-state index contributed by atoms with van der Waals surface area (Å²) in [5, 5.41) is 24.0. The predicted octanol–water partition coefficient (Wildman–Crippen LogP) is 2.24. The zero-order valence-corrected chi connectivity index (χ0v) is 16.4. The molecular formula is C20H20N4O4S. The number of rotatable bonds is 6. The number of nitrogens with zero attached hydrogens (tertiary/aromatic N) is 2. The average molecular weight is 412 g/mol. The molecule has 3 N–H and O–H groups in total. The van der Waals surface area contributed by atoms with E-state index in [1.165, 1.54) is 17.4 Å². The highest BCUT2D eigenvalue weighted by molar-refractivity contribution is 7.16. The number of aliphatic hydroxyl groups is 1. The fourth-order valence-corrected chi connectivity index (χ4v) is 4.28. The van der Waals surface area contributed by atoms with E-state index in [-0.39, 0.29) is 25.2 Å². The molecule has 3 rings (SSSR count). The molecule has 1 aliphatic carbocycles. The molecule has 2 aromatic rings. The number of ether oxygens (including phenoxy) is 1. The molecule has 1 atom stereocenters. The molecule has 2 amide bonds. The van der Waals surface area contributed by atoms with E-state index in [9.17, 15) is 14.9 Å². The standard InChI is InChI=1S/C20H20N4O4S/c21-11-16-15-5-4-14(28-20(27)23-8-9-25)10-17(15)29-19(16)24-18(26)6-3-13-2-1-7-22-12-13/h1-3,6-7,12,14,25H,4-5,8-10H2,(H,23,27)(H,24,26)/b6-3+. The van der Waals surface area contributed by atoms with Crippen LogP contribution in [0.2, 0.25) is 0 Å². The molecule has 0 spiro atoms. The molecule has 8 nitrogen and oxygen atoms in total. The van der Waals surface area contributed by atoms with Gasteiger partial charge in [0.2, 0.25) is 5.91 Å². The van der Waals surface area contributed by atoms with Gasteiger partial charge in [0, 0.05) is 36.3 Å². The van der Waals surface area contributed by atoms with Crippen LogP contribution in [0.25, 0.3) is 6.08 Å². The lowest BCUT2D eigenvalue weighted by atomic mass is 9.94. The summed E-state index contributed by atoms with van der Waals surface area (Å²) in [5.41, 5.74) is 2.17. The molecule has 0 bridgehead atoms. The van der Waals surface area contributed by atoms with Crippen molar-refractivity contribution in [2.75, 3.05) is 18.5 Å². The maximum Gasteiger partial charge on any atom is 0.407 e. The molecule has 0 aromatic carbocycles. The van der Waals surface area contributed by atoms with Gasteiger partial charge in [0.05, 0.1) is 12.2 Å². The molecule has 9 heteroatoms. The smallest absolute Gasteiger partial charge is 0.407 e. The van der Waals surface area contributed by atoms with E-state index in [1.807, 2.05) is 6.07 Å². The topological polar surface area (TPSA) is 124 Å². The first kappa shape index (κ1) is 20.5. The van der Waals surface area contributed by atoms with Gasteiger partial charge in [0.25, 0.3) is 0 Å². The second kappa shape index (κ2) is 9.82. The fraction of sp³-hybridized carbons (Fsp3) is 0.300. The van der Waals surface area contributed by atoms with Gasteiger partial charge in [0.1, 0.15) is 17.2 Å². The minimum atomic E-state index is -0.571. The van der Waals surface area contributed by atoms with Crippen LogP contribution < -0.4 is 10.6 Å². The van der Waals surface area contributed by atoms with Gasteiger partial charge in [-0.25, -0.2) is 4.79 Å². The molecule has 0 aliphatic heterocycles. The van der Waals surface area contributed by atoms with Crippen LogP contribution in [0.15, 0.2) is 30.6 Å². The first-order valence-corrected chi connectivity index (χ1v) is 9.91. The summed E-state index contributed by atoms with van der Waals surface area (Å²) in [6, 6.07) is 5.79. The van der Waals surface area contributed by atoms with Gasteiger partial charge in [-0.2, -0.15) is 5.26 Å². The summed E-state index contributed by atoms with van der Waals surface area (Å²) in [6.45, 7) is -0.0181. The quantitative estimate of drug-likeness (QED) is 0.625. The summed E-state index contributed by atoms with van der Waals surface area (Å²) in [4.78, 5) is 28.9. The number of carbonyl (C=O) groups excluding carboxylic acids is 2. The van der Waals surface area contributed by atoms with Crippen LogP contribution in [0.5, 0.6) is 0 Å². The maximum absolute atomic E-state index is 12.3. The number of thiophene rings is 1. The number of nitriles is 1. The Morgan fingerprint density at radius 2 is 2.34 bits per heavy atom. The molecule has 2 heterocycles. The van der Waals surface area contributed by atoms with Crippen LogP contribution in [-0.2, 0) is 22.4 Å². The number of pyridine rings is 1. The van der Waals surface area contributed by atoms with Crippen molar-refractivity contribution in [1.82, 2.24) is 10.3 Å². The normalized spacial score (nSPS) is 15.4. The Kier molecular flexibility index (Phi) is 6.94. The number of alkyl carbamates (subject to hydrolysis) is 1. The third-order valence-electron chi connectivity index (χ3n) is 4.34. The Bertz CT molecular complexity index is 949. The summed E-state index contributed by atoms with van der Waals surface area (Å²) in [5.74, 6) is -0.333. The zero-order chi connectivity index (χ0) is 20.6. The van der Waals surface area contributed by atoms with E-state index >= 15 is 0 Å². The lowest BCUT2D eigenvalue weighted by Gasteiger charge is -2.22. The Morgan fingerprint density at radius 1 is 1.48 bits per heavy atom. The molecular weight excluding hydrogens is 392 g/mol. The predicted molar refractivity (Wildman–Crippen MR) is 108 cm³/mol. The summed E-state index contributed by atoms with van der Waals surface area (Å²) in [6.07, 6.45) is 7.14. The first-order chi connectivity index (χ1) is 14.1.